The second-order valence-corrected chi connectivity index (χ2v) is 5.14. The van der Waals surface area contributed by atoms with Crippen molar-refractivity contribution in [3.8, 4) is 0 Å². The highest BCUT2D eigenvalue weighted by atomic mass is 127. The number of sulfonamides is 1. The van der Waals surface area contributed by atoms with Crippen LogP contribution in [0.5, 0.6) is 0 Å². The van der Waals surface area contributed by atoms with Gasteiger partial charge in [0.1, 0.15) is 0 Å². The molecule has 0 fully saturated rings. The van der Waals surface area contributed by atoms with Crippen molar-refractivity contribution in [2.45, 2.75) is 20.3 Å². The average molecular weight is 378 g/mol. The van der Waals surface area contributed by atoms with E-state index in [1.807, 2.05) is 13.8 Å². The minimum Gasteiger partial charge on any atom is -0.357 e. The summed E-state index contributed by atoms with van der Waals surface area (Å²) in [4.78, 5) is 4.28. The van der Waals surface area contributed by atoms with Gasteiger partial charge in [-0.2, -0.15) is 0 Å². The second-order valence-electron chi connectivity index (χ2n) is 3.31. The Hall–Kier alpha value is -0.0900. The number of hydrogen-bond donors (Lipinski definition) is 3. The number of nitrogens with one attached hydrogen (secondary N) is 3. The summed E-state index contributed by atoms with van der Waals surface area (Å²) in [5, 5.41) is 6.18. The molecule has 0 radical (unpaired) electrons. The van der Waals surface area contributed by atoms with Gasteiger partial charge in [-0.15, -0.1) is 24.0 Å². The second kappa shape index (κ2) is 11.0. The zero-order valence-electron chi connectivity index (χ0n) is 10.6. The van der Waals surface area contributed by atoms with E-state index in [1.165, 1.54) is 0 Å². The molecule has 0 bridgehead atoms. The number of guanidine groups is 1. The quantitative estimate of drug-likeness (QED) is 0.254. The molecule has 17 heavy (non-hydrogen) atoms. The van der Waals surface area contributed by atoms with E-state index in [2.05, 4.69) is 20.3 Å². The Morgan fingerprint density at radius 2 is 1.71 bits per heavy atom. The Morgan fingerprint density at radius 1 is 1.18 bits per heavy atom. The summed E-state index contributed by atoms with van der Waals surface area (Å²) in [5.74, 6) is 0.768. The van der Waals surface area contributed by atoms with Crippen molar-refractivity contribution >= 4 is 40.0 Å². The predicted molar refractivity (Wildman–Crippen MR) is 82.5 cm³/mol. The molecular formula is C9H23IN4O2S. The zero-order valence-corrected chi connectivity index (χ0v) is 13.8. The Labute approximate surface area is 121 Å². The first-order valence-corrected chi connectivity index (χ1v) is 7.35. The van der Waals surface area contributed by atoms with Crippen LogP contribution in [0.25, 0.3) is 0 Å². The molecule has 0 saturated heterocycles. The van der Waals surface area contributed by atoms with Gasteiger partial charge in [-0.3, -0.25) is 4.99 Å². The Kier molecular flexibility index (Phi) is 12.5. The van der Waals surface area contributed by atoms with Gasteiger partial charge in [0.05, 0.1) is 6.26 Å². The van der Waals surface area contributed by atoms with Crippen LogP contribution in [-0.4, -0.2) is 46.8 Å². The fourth-order valence-corrected chi connectivity index (χ4v) is 1.55. The molecule has 0 spiro atoms. The number of rotatable bonds is 7. The predicted octanol–water partition coefficient (Wildman–Crippen LogP) is 0.119. The van der Waals surface area contributed by atoms with Crippen molar-refractivity contribution in [1.82, 2.24) is 15.4 Å². The number of hydrogen-bond acceptors (Lipinski definition) is 3. The maximum Gasteiger partial charge on any atom is 0.208 e. The van der Waals surface area contributed by atoms with E-state index in [0.29, 0.717) is 19.5 Å². The van der Waals surface area contributed by atoms with Gasteiger partial charge in [0.25, 0.3) is 0 Å². The fraction of sp³-hybridized carbons (Fsp3) is 0.889. The van der Waals surface area contributed by atoms with Crippen molar-refractivity contribution in [1.29, 1.82) is 0 Å². The standard InChI is InChI=1S/C9H22N4O2S.HI/c1-4-10-9(11-5-2)12-7-6-8-13-16(3,14)15;/h13H,4-8H2,1-3H3,(H2,10,11,12);1H. The zero-order chi connectivity index (χ0) is 12.4. The molecule has 6 nitrogen and oxygen atoms in total. The van der Waals surface area contributed by atoms with Gasteiger partial charge in [0, 0.05) is 26.2 Å². The van der Waals surface area contributed by atoms with Gasteiger partial charge in [0.15, 0.2) is 5.96 Å². The molecule has 0 aliphatic rings. The molecule has 0 aliphatic heterocycles. The van der Waals surface area contributed by atoms with Crippen molar-refractivity contribution in [2.24, 2.45) is 4.99 Å². The SMILES string of the molecule is CCNC(=NCCCNS(C)(=O)=O)NCC.I. The van der Waals surface area contributed by atoms with E-state index >= 15 is 0 Å². The molecule has 0 aromatic carbocycles. The molecule has 0 saturated carbocycles. The van der Waals surface area contributed by atoms with Crippen LogP contribution < -0.4 is 15.4 Å². The van der Waals surface area contributed by atoms with Gasteiger partial charge in [0.2, 0.25) is 10.0 Å². The first-order valence-electron chi connectivity index (χ1n) is 5.46. The highest BCUT2D eigenvalue weighted by Crippen LogP contribution is 1.82. The van der Waals surface area contributed by atoms with Crippen LogP contribution in [0.4, 0.5) is 0 Å². The Bertz CT molecular complexity index is 298. The van der Waals surface area contributed by atoms with Crippen molar-refractivity contribution in [3.05, 3.63) is 0 Å². The summed E-state index contributed by atoms with van der Waals surface area (Å²) in [6.45, 7) is 6.64. The lowest BCUT2D eigenvalue weighted by Gasteiger charge is -2.08. The minimum absolute atomic E-state index is 0. The van der Waals surface area contributed by atoms with E-state index in [1.54, 1.807) is 0 Å². The first kappa shape index (κ1) is 19.3. The molecule has 0 rings (SSSR count). The smallest absolute Gasteiger partial charge is 0.208 e. The largest absolute Gasteiger partial charge is 0.357 e. The topological polar surface area (TPSA) is 82.6 Å². The number of aliphatic imine (C=N–C) groups is 1. The van der Waals surface area contributed by atoms with Gasteiger partial charge < -0.3 is 10.6 Å². The summed E-state index contributed by atoms with van der Waals surface area (Å²) in [5.41, 5.74) is 0. The third-order valence-corrected chi connectivity index (χ3v) is 2.39. The number of nitrogens with zero attached hydrogens (tertiary/aromatic N) is 1. The maximum absolute atomic E-state index is 10.8. The molecule has 0 aromatic rings. The molecule has 0 aromatic heterocycles. The van der Waals surface area contributed by atoms with Crippen molar-refractivity contribution < 1.29 is 8.42 Å². The Morgan fingerprint density at radius 3 is 2.12 bits per heavy atom. The van der Waals surface area contributed by atoms with Crippen LogP contribution >= 0.6 is 24.0 Å². The van der Waals surface area contributed by atoms with E-state index in [9.17, 15) is 8.42 Å². The van der Waals surface area contributed by atoms with E-state index < -0.39 is 10.0 Å². The first-order chi connectivity index (χ1) is 7.49. The lowest BCUT2D eigenvalue weighted by molar-refractivity contribution is 0.585. The summed E-state index contributed by atoms with van der Waals surface area (Å²) < 4.78 is 23.9. The van der Waals surface area contributed by atoms with E-state index in [-0.39, 0.29) is 24.0 Å². The van der Waals surface area contributed by atoms with Crippen molar-refractivity contribution in [3.63, 3.8) is 0 Å². The molecule has 0 heterocycles. The molecule has 104 valence electrons. The van der Waals surface area contributed by atoms with E-state index in [0.717, 1.165) is 25.3 Å². The van der Waals surface area contributed by atoms with Crippen LogP contribution in [-0.2, 0) is 10.0 Å². The summed E-state index contributed by atoms with van der Waals surface area (Å²) in [6.07, 6.45) is 1.84. The van der Waals surface area contributed by atoms with Gasteiger partial charge in [-0.1, -0.05) is 0 Å². The molecule has 8 heteroatoms. The third-order valence-electron chi connectivity index (χ3n) is 1.66. The third kappa shape index (κ3) is 13.8. The summed E-state index contributed by atoms with van der Waals surface area (Å²) >= 11 is 0. The van der Waals surface area contributed by atoms with Gasteiger partial charge in [-0.05, 0) is 20.3 Å². The van der Waals surface area contributed by atoms with Crippen LogP contribution in [0.3, 0.4) is 0 Å². The Balaban J connectivity index is 0. The molecule has 0 aliphatic carbocycles. The molecule has 0 atom stereocenters. The summed E-state index contributed by atoms with van der Waals surface area (Å²) in [6, 6.07) is 0. The summed E-state index contributed by atoms with van der Waals surface area (Å²) in [7, 11) is -3.07. The van der Waals surface area contributed by atoms with Crippen LogP contribution in [0.15, 0.2) is 4.99 Å². The highest BCUT2D eigenvalue weighted by Gasteiger charge is 1.98. The highest BCUT2D eigenvalue weighted by molar-refractivity contribution is 14.0. The lowest BCUT2D eigenvalue weighted by atomic mass is 10.4. The van der Waals surface area contributed by atoms with E-state index in [4.69, 9.17) is 0 Å². The minimum atomic E-state index is -3.07. The van der Waals surface area contributed by atoms with Crippen molar-refractivity contribution in [2.75, 3.05) is 32.4 Å². The fourth-order valence-electron chi connectivity index (χ4n) is 1.04. The molecule has 3 N–H and O–H groups in total. The van der Waals surface area contributed by atoms with Crippen LogP contribution in [0.2, 0.25) is 0 Å². The number of halogens is 1. The van der Waals surface area contributed by atoms with Gasteiger partial charge in [-0.25, -0.2) is 13.1 Å². The molecule has 0 unspecified atom stereocenters. The normalized spacial score (nSPS) is 10.3. The molecular weight excluding hydrogens is 355 g/mol. The lowest BCUT2D eigenvalue weighted by Crippen LogP contribution is -2.37. The van der Waals surface area contributed by atoms with Gasteiger partial charge >= 0.3 is 0 Å². The van der Waals surface area contributed by atoms with Crippen LogP contribution in [0, 0.1) is 0 Å². The van der Waals surface area contributed by atoms with Crippen LogP contribution in [0.1, 0.15) is 20.3 Å². The monoisotopic (exact) mass is 378 g/mol. The average Bonchev–Trinajstić information content (AvgIpc) is 2.16. The maximum atomic E-state index is 10.8. The molecule has 0 amide bonds.